The third-order valence-corrected chi connectivity index (χ3v) is 18.9. The van der Waals surface area contributed by atoms with Gasteiger partial charge < -0.3 is 54.9 Å². The van der Waals surface area contributed by atoms with Crippen molar-refractivity contribution in [1.82, 2.24) is 40.9 Å². The number of hydrogen-bond donors (Lipinski definition) is 4. The summed E-state index contributed by atoms with van der Waals surface area (Å²) >= 11 is 3.20. The molecule has 2 aromatic rings. The lowest BCUT2D eigenvalue weighted by molar-refractivity contribution is -0.144. The number of benzene rings is 2. The number of nitrogens with zero attached hydrogens (tertiary/aromatic N) is 4. The number of rotatable bonds is 16. The molecular formula is C61H86N8O12S2. The Bertz CT molecular complexity index is 2820. The van der Waals surface area contributed by atoms with Gasteiger partial charge in [0.2, 0.25) is 35.4 Å². The first-order valence-corrected chi connectivity index (χ1v) is 31.1. The number of ether oxygens (including phenoxy) is 4. The number of fused-ring (bicyclic) bond motifs is 4. The van der Waals surface area contributed by atoms with Gasteiger partial charge in [-0.25, -0.2) is 9.59 Å². The van der Waals surface area contributed by atoms with Crippen LogP contribution in [0.2, 0.25) is 0 Å². The zero-order valence-electron chi connectivity index (χ0n) is 50.4. The van der Waals surface area contributed by atoms with Gasteiger partial charge in [-0.2, -0.15) is 0 Å². The molecule has 4 heterocycles. The van der Waals surface area contributed by atoms with Crippen molar-refractivity contribution < 1.29 is 57.3 Å². The van der Waals surface area contributed by atoms with E-state index in [1.54, 1.807) is 81.8 Å². The van der Waals surface area contributed by atoms with E-state index in [0.29, 0.717) is 50.0 Å². The SMILES string of the molecule is C[C@@H](C(=O)N[C@H]1CCS[C@H]2CC(C)(C)[C@@H](C(=O)N[C@H]3c4ccccc4C[C@H]3OC/C=C/CO[C@@H]3Cc4ccccc4[C@@H]3NC(=O)[C@H]3N4C(=O)[C@@H](NC(=O)CN(C)C(=O)OC(C)(C)C)CCS[C@H]4CC3(C)C)N2C1=O)N(C)C(=O)OC(C)(C)C. The van der Waals surface area contributed by atoms with Crippen molar-refractivity contribution in [3.63, 3.8) is 0 Å². The zero-order valence-corrected chi connectivity index (χ0v) is 52.0. The van der Waals surface area contributed by atoms with Crippen LogP contribution in [0.1, 0.15) is 136 Å². The van der Waals surface area contributed by atoms with Crippen molar-refractivity contribution >= 4 is 71.2 Å². The van der Waals surface area contributed by atoms with Crippen LogP contribution in [0.3, 0.4) is 0 Å². The Kier molecular flexibility index (Phi) is 19.3. The van der Waals surface area contributed by atoms with Gasteiger partial charge in [-0.15, -0.1) is 23.5 Å². The molecule has 0 saturated carbocycles. The summed E-state index contributed by atoms with van der Waals surface area (Å²) in [6, 6.07) is 10.4. The first kappa shape index (κ1) is 63.2. The van der Waals surface area contributed by atoms with Gasteiger partial charge in [-0.05, 0) is 119 Å². The van der Waals surface area contributed by atoms with Crippen LogP contribution in [0, 0.1) is 10.8 Å². The minimum atomic E-state index is -0.926. The monoisotopic (exact) mass is 1190 g/mol. The molecule has 11 atom stereocenters. The third kappa shape index (κ3) is 14.6. The van der Waals surface area contributed by atoms with Crippen molar-refractivity contribution in [1.29, 1.82) is 0 Å². The van der Waals surface area contributed by atoms with Gasteiger partial charge in [0.05, 0.1) is 48.3 Å². The maximum absolute atomic E-state index is 14.8. The fourth-order valence-corrected chi connectivity index (χ4v) is 15.4. The second-order valence-corrected chi connectivity index (χ2v) is 28.8. The molecule has 20 nitrogen and oxygen atoms in total. The second kappa shape index (κ2) is 25.4. The molecule has 4 aliphatic heterocycles. The Morgan fingerprint density at radius 3 is 1.52 bits per heavy atom. The highest BCUT2D eigenvalue weighted by atomic mass is 32.2. The highest BCUT2D eigenvalue weighted by molar-refractivity contribution is 8.00. The van der Waals surface area contributed by atoms with Crippen LogP contribution < -0.4 is 21.3 Å². The number of thioether (sulfide) groups is 2. The molecule has 4 saturated heterocycles. The first-order chi connectivity index (χ1) is 38.9. The first-order valence-electron chi connectivity index (χ1n) is 29.0. The van der Waals surface area contributed by atoms with Crippen molar-refractivity contribution in [2.75, 3.05) is 45.4 Å². The Morgan fingerprint density at radius 1 is 0.651 bits per heavy atom. The Hall–Kier alpha value is -5.84. The molecule has 0 aromatic heterocycles. The fourth-order valence-electron chi connectivity index (χ4n) is 12.3. The molecule has 0 unspecified atom stereocenters. The highest BCUT2D eigenvalue weighted by Gasteiger charge is 2.57. The summed E-state index contributed by atoms with van der Waals surface area (Å²) in [5, 5.41) is 11.8. The predicted octanol–water partition coefficient (Wildman–Crippen LogP) is 6.41. The smallest absolute Gasteiger partial charge is 0.410 e. The van der Waals surface area contributed by atoms with Crippen molar-refractivity contribution in [3.05, 3.63) is 82.9 Å². The number of amides is 8. The molecule has 2 aliphatic carbocycles. The van der Waals surface area contributed by atoms with Crippen molar-refractivity contribution in [2.24, 2.45) is 10.8 Å². The molecule has 4 fully saturated rings. The Balaban J connectivity index is 0.886. The van der Waals surface area contributed by atoms with E-state index in [1.807, 2.05) is 88.4 Å². The van der Waals surface area contributed by atoms with Gasteiger partial charge in [0, 0.05) is 26.9 Å². The Labute approximate surface area is 497 Å². The number of hydrogen-bond acceptors (Lipinski definition) is 14. The topological polar surface area (TPSA) is 235 Å². The summed E-state index contributed by atoms with van der Waals surface area (Å²) in [6.45, 7) is 20.1. The molecule has 22 heteroatoms. The molecule has 454 valence electrons. The van der Waals surface area contributed by atoms with Gasteiger partial charge in [0.15, 0.2) is 0 Å². The van der Waals surface area contributed by atoms with Crippen LogP contribution >= 0.6 is 23.5 Å². The van der Waals surface area contributed by atoms with Gasteiger partial charge in [0.25, 0.3) is 0 Å². The predicted molar refractivity (Wildman–Crippen MR) is 317 cm³/mol. The largest absolute Gasteiger partial charge is 0.444 e. The number of likely N-dealkylation sites (N-methyl/N-ethyl adjacent to an activating group) is 2. The van der Waals surface area contributed by atoms with E-state index in [4.69, 9.17) is 18.9 Å². The lowest BCUT2D eigenvalue weighted by atomic mass is 9.83. The maximum Gasteiger partial charge on any atom is 0.410 e. The van der Waals surface area contributed by atoms with Crippen LogP contribution in [-0.2, 0) is 60.6 Å². The second-order valence-electron chi connectivity index (χ2n) is 26.2. The normalized spacial score (nSPS) is 27.5. The lowest BCUT2D eigenvalue weighted by Gasteiger charge is -2.35. The molecule has 0 bridgehead atoms. The summed E-state index contributed by atoms with van der Waals surface area (Å²) < 4.78 is 24.0. The zero-order chi connectivity index (χ0) is 60.5. The summed E-state index contributed by atoms with van der Waals surface area (Å²) in [6.07, 6.45) is 4.59. The molecule has 8 rings (SSSR count). The maximum atomic E-state index is 14.8. The molecule has 83 heavy (non-hydrogen) atoms. The van der Waals surface area contributed by atoms with Gasteiger partial charge in [-0.3, -0.25) is 33.7 Å². The van der Waals surface area contributed by atoms with E-state index in [9.17, 15) is 38.4 Å². The van der Waals surface area contributed by atoms with Crippen LogP contribution in [-0.4, -0.2) is 177 Å². The molecule has 2 aromatic carbocycles. The van der Waals surface area contributed by atoms with Crippen LogP contribution in [0.25, 0.3) is 0 Å². The quantitative estimate of drug-likeness (QED) is 0.133. The molecular weight excluding hydrogens is 1100 g/mol. The molecule has 0 radical (unpaired) electrons. The average molecular weight is 1190 g/mol. The van der Waals surface area contributed by atoms with E-state index in [1.165, 1.54) is 23.9 Å². The molecule has 4 N–H and O–H groups in total. The van der Waals surface area contributed by atoms with E-state index >= 15 is 0 Å². The lowest BCUT2D eigenvalue weighted by Crippen LogP contribution is -2.58. The summed E-state index contributed by atoms with van der Waals surface area (Å²) in [5.41, 5.74) is 1.25. The standard InChI is InChI=1S/C61H86N8O12S2/c1-35(67(13)57(77)81-59(5,6)7)51(71)63-41-25-29-83-46-33-61(10,11)50(69(46)55(41)75)53(73)65-48-39-23-17-15-21-37(39)31-43(48)79-27-19-18-26-78-42-30-36-20-14-16-22-38(36)47(42)64-52(72)49-60(8,9)32-45-68(49)54(74)40(24-28-82-45)62-44(70)34-66(12)56(76)80-58(2,3)4/h14-23,35,40-43,45-50H,24-34H2,1-13H3,(H,62,70)(H,63,71)(H,64,72)(H,65,73)/b19-18+/t35-,40-,41-,42+,43+,45-,46-,47-,48-,49+,50+/m0/s1. The molecule has 6 aliphatic rings. The fraction of sp³-hybridized carbons (Fsp3) is 0.639. The average Bonchev–Trinajstić information content (AvgIpc) is 2.09. The minimum absolute atomic E-state index is 0.211. The van der Waals surface area contributed by atoms with Crippen LogP contribution in [0.4, 0.5) is 9.59 Å². The number of nitrogens with one attached hydrogen (secondary N) is 4. The van der Waals surface area contributed by atoms with Crippen molar-refractivity contribution in [2.45, 2.75) is 191 Å². The summed E-state index contributed by atoms with van der Waals surface area (Å²) in [5.74, 6) is -1.12. The highest BCUT2D eigenvalue weighted by Crippen LogP contribution is 2.49. The van der Waals surface area contributed by atoms with Gasteiger partial charge in [0.1, 0.15) is 48.0 Å². The summed E-state index contributed by atoms with van der Waals surface area (Å²) in [7, 11) is 2.95. The summed E-state index contributed by atoms with van der Waals surface area (Å²) in [4.78, 5) is 117. The van der Waals surface area contributed by atoms with E-state index in [0.717, 1.165) is 22.3 Å². The van der Waals surface area contributed by atoms with E-state index in [2.05, 4.69) is 21.3 Å². The van der Waals surface area contributed by atoms with E-state index < -0.39 is 101 Å². The third-order valence-electron chi connectivity index (χ3n) is 16.4. The van der Waals surface area contributed by atoms with Crippen LogP contribution in [0.15, 0.2) is 60.7 Å². The Morgan fingerprint density at radius 2 is 1.07 bits per heavy atom. The molecule has 0 spiro atoms. The van der Waals surface area contributed by atoms with E-state index in [-0.39, 0.29) is 54.1 Å². The van der Waals surface area contributed by atoms with Gasteiger partial charge >= 0.3 is 12.2 Å². The molecule has 8 amide bonds. The van der Waals surface area contributed by atoms with Crippen LogP contribution in [0.5, 0.6) is 0 Å². The number of carbonyl (C=O) groups is 8. The van der Waals surface area contributed by atoms with Gasteiger partial charge in [-0.1, -0.05) is 88.4 Å². The minimum Gasteiger partial charge on any atom is -0.444 e. The van der Waals surface area contributed by atoms with Crippen molar-refractivity contribution in [3.8, 4) is 0 Å². The number of carbonyl (C=O) groups excluding carboxylic acids is 8.